The molecule has 4 aromatic carbocycles. The van der Waals surface area contributed by atoms with Crippen LogP contribution in [-0.4, -0.2) is 91.1 Å². The van der Waals surface area contributed by atoms with E-state index in [0.29, 0.717) is 73.3 Å². The quantitative estimate of drug-likeness (QED) is 0.0445. The van der Waals surface area contributed by atoms with E-state index < -0.39 is 48.0 Å². The second kappa shape index (κ2) is 23.1. The Kier molecular flexibility index (Phi) is 15.6. The number of aliphatic hydroxyl groups is 3. The highest BCUT2D eigenvalue weighted by atomic mass is 16.5. The highest BCUT2D eigenvalue weighted by Gasteiger charge is 2.47. The number of hydrogen-bond donors (Lipinski definition) is 9. The van der Waals surface area contributed by atoms with Crippen LogP contribution in [-0.2, 0) is 41.7 Å². The molecule has 0 spiro atoms. The summed E-state index contributed by atoms with van der Waals surface area (Å²) in [5, 5.41) is 66.8. The van der Waals surface area contributed by atoms with Crippen LogP contribution < -0.4 is 15.4 Å². The van der Waals surface area contributed by atoms with Crippen molar-refractivity contribution in [3.05, 3.63) is 176 Å². The van der Waals surface area contributed by atoms with E-state index in [1.807, 2.05) is 74.0 Å². The molecule has 5 bridgehead atoms. The second-order valence-electron chi connectivity index (χ2n) is 22.5. The van der Waals surface area contributed by atoms with Gasteiger partial charge in [-0.15, -0.1) is 0 Å². The zero-order valence-corrected chi connectivity index (χ0v) is 44.4. The Hall–Kier alpha value is -7.14. The summed E-state index contributed by atoms with van der Waals surface area (Å²) in [7, 11) is 1.85. The van der Waals surface area contributed by atoms with Gasteiger partial charge in [-0.2, -0.15) is 0 Å². The average molecular weight is 1050 g/mol. The molecule has 11 rings (SSSR count). The Morgan fingerprint density at radius 2 is 1.62 bits per heavy atom. The number of aromatic amines is 2. The van der Waals surface area contributed by atoms with Gasteiger partial charge in [-0.05, 0) is 158 Å². The van der Waals surface area contributed by atoms with Crippen LogP contribution in [0.1, 0.15) is 131 Å². The maximum absolute atomic E-state index is 16.2. The molecule has 404 valence electrons. The Balaban J connectivity index is 1.10. The monoisotopic (exact) mass is 1050 g/mol. The number of phenols is 2. The van der Waals surface area contributed by atoms with E-state index in [9.17, 15) is 25.5 Å². The number of hydrogen-bond acceptors (Lipinski definition) is 10. The zero-order chi connectivity index (χ0) is 53.9. The van der Waals surface area contributed by atoms with Crippen molar-refractivity contribution in [3.63, 3.8) is 0 Å². The lowest BCUT2D eigenvalue weighted by Crippen LogP contribution is -2.43. The number of carbonyl (C=O) groups is 2. The summed E-state index contributed by atoms with van der Waals surface area (Å²) < 4.78 is 6.57. The van der Waals surface area contributed by atoms with Crippen molar-refractivity contribution in [3.8, 4) is 29.1 Å². The molecule has 5 aliphatic rings. The molecule has 0 radical (unpaired) electrons. The number of aromatic hydroxyl groups is 2. The predicted molar refractivity (Wildman–Crippen MR) is 304 cm³/mol. The van der Waals surface area contributed by atoms with Crippen molar-refractivity contribution < 1.29 is 39.9 Å². The molecule has 2 aromatic heterocycles. The van der Waals surface area contributed by atoms with Gasteiger partial charge in [0.25, 0.3) is 0 Å². The fourth-order valence-corrected chi connectivity index (χ4v) is 13.3. The number of benzene rings is 4. The predicted octanol–water partition coefficient (Wildman–Crippen LogP) is 9.63. The molecule has 78 heavy (non-hydrogen) atoms. The number of Topliss-reactive ketones (excluding diaryl/α,β-unsaturated/α-hetero) is 2. The summed E-state index contributed by atoms with van der Waals surface area (Å²) in [5.41, 5.74) is 8.79. The molecule has 3 aliphatic carbocycles. The van der Waals surface area contributed by atoms with Crippen molar-refractivity contribution in [2.45, 2.75) is 126 Å². The molecule has 9 N–H and O–H groups in total. The summed E-state index contributed by atoms with van der Waals surface area (Å²) in [5.74, 6) is 3.88. The Morgan fingerprint density at radius 1 is 0.795 bits per heavy atom. The van der Waals surface area contributed by atoms with Gasteiger partial charge in [0.2, 0.25) is 0 Å². The van der Waals surface area contributed by atoms with Crippen LogP contribution in [0.4, 0.5) is 5.82 Å². The number of ketones is 2. The van der Waals surface area contributed by atoms with E-state index in [2.05, 4.69) is 62.8 Å². The molecule has 4 heterocycles. The van der Waals surface area contributed by atoms with Gasteiger partial charge in [0, 0.05) is 79.4 Å². The lowest BCUT2D eigenvalue weighted by atomic mass is 9.65. The zero-order valence-electron chi connectivity index (χ0n) is 44.4. The largest absolute Gasteiger partial charge is 0.507 e. The Morgan fingerprint density at radius 3 is 2.44 bits per heavy atom. The number of ether oxygens (including phenoxy) is 1. The minimum absolute atomic E-state index is 0.0100. The molecule has 12 nitrogen and oxygen atoms in total. The number of aryl methyl sites for hydroxylation is 3. The van der Waals surface area contributed by atoms with Crippen LogP contribution in [0.2, 0.25) is 0 Å². The fraction of sp³-hybridized carbons (Fsp3) is 0.394. The van der Waals surface area contributed by atoms with E-state index in [-0.39, 0.29) is 60.8 Å². The lowest BCUT2D eigenvalue weighted by molar-refractivity contribution is -0.135. The number of fused-ring (bicyclic) bond motifs is 8. The van der Waals surface area contributed by atoms with Crippen LogP contribution in [0, 0.1) is 29.6 Å². The topological polar surface area (TPSA) is 200 Å². The van der Waals surface area contributed by atoms with Crippen molar-refractivity contribution >= 4 is 29.5 Å². The van der Waals surface area contributed by atoms with Gasteiger partial charge in [0.1, 0.15) is 23.4 Å². The van der Waals surface area contributed by atoms with Gasteiger partial charge in [0.05, 0.1) is 29.6 Å². The van der Waals surface area contributed by atoms with Gasteiger partial charge < -0.3 is 50.9 Å². The molecular formula is C66H72N4O8. The van der Waals surface area contributed by atoms with Crippen LogP contribution in [0.25, 0.3) is 12.2 Å². The minimum Gasteiger partial charge on any atom is -0.507 e. The number of aromatic nitrogens is 2. The van der Waals surface area contributed by atoms with Crippen molar-refractivity contribution in [1.29, 1.82) is 0 Å². The average Bonchev–Trinajstić information content (AvgIpc) is 4.38. The lowest BCUT2D eigenvalue weighted by Gasteiger charge is -2.39. The molecular weight excluding hydrogens is 977 g/mol. The number of rotatable bonds is 11. The molecule has 0 amide bonds. The van der Waals surface area contributed by atoms with Gasteiger partial charge in [0.15, 0.2) is 17.3 Å². The third-order valence-electron chi connectivity index (χ3n) is 17.4. The molecule has 12 heteroatoms. The number of anilines is 1. The molecule has 0 saturated heterocycles. The Labute approximate surface area is 457 Å². The first-order valence-corrected chi connectivity index (χ1v) is 28.2. The molecule has 8 unspecified atom stereocenters. The van der Waals surface area contributed by atoms with Crippen LogP contribution in [0.15, 0.2) is 115 Å². The molecule has 6 aromatic rings. The molecule has 2 aliphatic heterocycles. The summed E-state index contributed by atoms with van der Waals surface area (Å²) >= 11 is 0. The highest BCUT2D eigenvalue weighted by molar-refractivity contribution is 6.05. The summed E-state index contributed by atoms with van der Waals surface area (Å²) in [6.45, 7) is -0.0477. The van der Waals surface area contributed by atoms with E-state index in [1.165, 1.54) is 0 Å². The van der Waals surface area contributed by atoms with Crippen molar-refractivity contribution in [2.24, 2.45) is 17.8 Å². The third-order valence-corrected chi connectivity index (χ3v) is 17.4. The molecule has 1 fully saturated rings. The third kappa shape index (κ3) is 11.1. The van der Waals surface area contributed by atoms with Gasteiger partial charge in [-0.25, -0.2) is 0 Å². The van der Waals surface area contributed by atoms with Crippen LogP contribution in [0.3, 0.4) is 0 Å². The molecule has 1 saturated carbocycles. The number of phenolic OH excluding ortho intramolecular Hbond substituents is 2. The number of aliphatic hydroxyl groups excluding tert-OH is 2. The maximum Gasteiger partial charge on any atom is 0.161 e. The second-order valence-corrected chi connectivity index (χ2v) is 22.5. The summed E-state index contributed by atoms with van der Waals surface area (Å²) in [4.78, 5) is 38.2. The smallest absolute Gasteiger partial charge is 0.161 e. The first-order chi connectivity index (χ1) is 37.9. The molecule has 8 atom stereocenters. The minimum atomic E-state index is -1.45. The number of carbonyl (C=O) groups excluding carboxylic acids is 2. The van der Waals surface area contributed by atoms with Crippen molar-refractivity contribution in [1.82, 2.24) is 15.3 Å². The van der Waals surface area contributed by atoms with Gasteiger partial charge >= 0.3 is 0 Å². The number of nitrogens with one attached hydrogen (secondary N) is 4. The number of H-pyrrole nitrogens is 2. The van der Waals surface area contributed by atoms with E-state index in [0.717, 1.165) is 75.9 Å². The van der Waals surface area contributed by atoms with E-state index >= 15 is 9.59 Å². The SMILES string of the molecule is CNCC1C#CC2Nc3[nH]ccc3Cc3cc(ccc3C(CCc3ccccc3)C1O)Cc1cc(cc(OC3CCCC3)c1O)CCC(=O)C(CCO)C(=O)C1C2=Cc2[nH]ccc2C1CC1(O)C=Cc2c(O)cccc2CC1. The summed E-state index contributed by atoms with van der Waals surface area (Å²) in [6.07, 6.45) is 15.3. The van der Waals surface area contributed by atoms with Crippen molar-refractivity contribution in [2.75, 3.05) is 25.5 Å². The van der Waals surface area contributed by atoms with E-state index in [1.54, 1.807) is 24.3 Å². The standard InChI is InChI=1S/C66H72N4O8/c1-67-39-45-17-20-56-54-37-57-51(25-30-68-57)55(38-66(77)27-22-43-10-7-13-58(72)50(43)23-28-66)61(54)64(76)53(26-31-71)59(73)21-16-42-34-47(63(75)60(35-42)78-48-11-5-6-12-48)33-41-15-18-49(46(32-41)36-44-24-29-69-65(44)70-56)52(62(45)74)19-14-40-8-3-2-4-9-40/h2-4,7-10,13,15,18,23-25,28-30,32,34-35,37,45,48,52-53,55-56,61-62,67-72,74-75,77H,5-6,11-12,14,16,19,21-22,26-27,31,33,36,38-39H2,1H3. The van der Waals surface area contributed by atoms with Gasteiger partial charge in [-0.1, -0.05) is 90.7 Å². The van der Waals surface area contributed by atoms with Gasteiger partial charge in [-0.3, -0.25) is 9.59 Å². The van der Waals surface area contributed by atoms with E-state index in [4.69, 9.17) is 4.74 Å². The Bertz CT molecular complexity index is 3280. The first kappa shape index (κ1) is 52.9. The first-order valence-electron chi connectivity index (χ1n) is 28.2. The highest BCUT2D eigenvalue weighted by Crippen LogP contribution is 2.49. The van der Waals surface area contributed by atoms with Crippen LogP contribution in [0.5, 0.6) is 17.2 Å². The fourth-order valence-electron chi connectivity index (χ4n) is 13.3. The summed E-state index contributed by atoms with van der Waals surface area (Å²) in [6, 6.07) is 29.1. The maximum atomic E-state index is 16.2. The normalized spacial score (nSPS) is 25.2. The van der Waals surface area contributed by atoms with Crippen LogP contribution >= 0.6 is 0 Å².